The first-order valence-corrected chi connectivity index (χ1v) is 4.30. The van der Waals surface area contributed by atoms with E-state index in [4.69, 9.17) is 5.73 Å². The standard InChI is InChI=1S/C11H15N/c1-3-4-10-5-7-11(8-6-10)9(2)12/h5-7,9,11H,8,12H2,1-2H3. The summed E-state index contributed by atoms with van der Waals surface area (Å²) < 4.78 is 0. The van der Waals surface area contributed by atoms with Gasteiger partial charge in [-0.05, 0) is 26.2 Å². The molecule has 0 bridgehead atoms. The van der Waals surface area contributed by atoms with Crippen LogP contribution >= 0.6 is 0 Å². The Morgan fingerprint density at radius 2 is 2.42 bits per heavy atom. The fourth-order valence-electron chi connectivity index (χ4n) is 1.26. The summed E-state index contributed by atoms with van der Waals surface area (Å²) in [6.07, 6.45) is 7.40. The highest BCUT2D eigenvalue weighted by Gasteiger charge is 2.11. The van der Waals surface area contributed by atoms with Crippen molar-refractivity contribution in [1.29, 1.82) is 0 Å². The Labute approximate surface area is 74.3 Å². The normalized spacial score (nSPS) is 23.9. The first-order valence-electron chi connectivity index (χ1n) is 4.30. The van der Waals surface area contributed by atoms with E-state index >= 15 is 0 Å². The monoisotopic (exact) mass is 161 g/mol. The first kappa shape index (κ1) is 9.09. The van der Waals surface area contributed by atoms with Crippen LogP contribution in [0.4, 0.5) is 0 Å². The van der Waals surface area contributed by atoms with Gasteiger partial charge in [-0.2, -0.15) is 0 Å². The number of hydrogen-bond acceptors (Lipinski definition) is 1. The molecule has 2 unspecified atom stereocenters. The van der Waals surface area contributed by atoms with Gasteiger partial charge in [-0.15, -0.1) is 5.92 Å². The molecule has 1 heteroatoms. The van der Waals surface area contributed by atoms with E-state index in [1.807, 2.05) is 13.8 Å². The van der Waals surface area contributed by atoms with Gasteiger partial charge in [0.2, 0.25) is 0 Å². The summed E-state index contributed by atoms with van der Waals surface area (Å²) in [6, 6.07) is 0.244. The van der Waals surface area contributed by atoms with Crippen molar-refractivity contribution < 1.29 is 0 Å². The summed E-state index contributed by atoms with van der Waals surface area (Å²) >= 11 is 0. The van der Waals surface area contributed by atoms with Crippen LogP contribution in [0.2, 0.25) is 0 Å². The molecule has 1 nitrogen and oxygen atoms in total. The maximum atomic E-state index is 5.77. The van der Waals surface area contributed by atoms with E-state index in [0.717, 1.165) is 12.0 Å². The van der Waals surface area contributed by atoms with Gasteiger partial charge in [0.1, 0.15) is 0 Å². The molecule has 0 aromatic heterocycles. The lowest BCUT2D eigenvalue weighted by atomic mass is 9.92. The number of rotatable bonds is 1. The molecule has 0 fully saturated rings. The largest absolute Gasteiger partial charge is 0.327 e. The van der Waals surface area contributed by atoms with Gasteiger partial charge in [-0.1, -0.05) is 24.1 Å². The fourth-order valence-corrected chi connectivity index (χ4v) is 1.26. The van der Waals surface area contributed by atoms with Gasteiger partial charge >= 0.3 is 0 Å². The summed E-state index contributed by atoms with van der Waals surface area (Å²) in [5.41, 5.74) is 6.89. The van der Waals surface area contributed by atoms with Crippen LogP contribution in [-0.2, 0) is 0 Å². The van der Waals surface area contributed by atoms with Crippen LogP contribution in [0.1, 0.15) is 20.3 Å². The summed E-state index contributed by atoms with van der Waals surface area (Å²) in [7, 11) is 0. The molecule has 0 heterocycles. The predicted molar refractivity (Wildman–Crippen MR) is 52.4 cm³/mol. The Balaban J connectivity index is 2.59. The number of hydrogen-bond donors (Lipinski definition) is 1. The van der Waals surface area contributed by atoms with E-state index in [0.29, 0.717) is 5.92 Å². The minimum Gasteiger partial charge on any atom is -0.327 e. The van der Waals surface area contributed by atoms with Crippen molar-refractivity contribution in [2.45, 2.75) is 26.3 Å². The fraction of sp³-hybridized carbons (Fsp3) is 0.455. The maximum absolute atomic E-state index is 5.77. The second-order valence-electron chi connectivity index (χ2n) is 3.15. The average Bonchev–Trinajstić information content (AvgIpc) is 2.06. The lowest BCUT2D eigenvalue weighted by Crippen LogP contribution is -2.25. The van der Waals surface area contributed by atoms with E-state index < -0.39 is 0 Å². The van der Waals surface area contributed by atoms with E-state index in [1.54, 1.807) is 0 Å². The molecule has 0 aromatic rings. The van der Waals surface area contributed by atoms with Gasteiger partial charge in [0, 0.05) is 11.6 Å². The Hall–Kier alpha value is -1.00. The molecule has 0 spiro atoms. The molecular weight excluding hydrogens is 146 g/mol. The summed E-state index contributed by atoms with van der Waals surface area (Å²) in [4.78, 5) is 0. The molecule has 0 amide bonds. The highest BCUT2D eigenvalue weighted by Crippen LogP contribution is 2.17. The van der Waals surface area contributed by atoms with Crippen LogP contribution in [0.25, 0.3) is 0 Å². The topological polar surface area (TPSA) is 26.0 Å². The maximum Gasteiger partial charge on any atom is 0.0202 e. The van der Waals surface area contributed by atoms with Crippen molar-refractivity contribution in [2.24, 2.45) is 11.7 Å². The highest BCUT2D eigenvalue weighted by atomic mass is 14.6. The number of nitrogens with two attached hydrogens (primary N) is 1. The Morgan fingerprint density at radius 1 is 1.67 bits per heavy atom. The van der Waals surface area contributed by atoms with Crippen molar-refractivity contribution in [2.75, 3.05) is 0 Å². The zero-order valence-electron chi connectivity index (χ0n) is 7.67. The molecule has 1 aliphatic carbocycles. The van der Waals surface area contributed by atoms with Crippen molar-refractivity contribution in [1.82, 2.24) is 0 Å². The van der Waals surface area contributed by atoms with Crippen molar-refractivity contribution in [3.8, 4) is 11.8 Å². The zero-order chi connectivity index (χ0) is 8.97. The molecule has 0 radical (unpaired) electrons. The quantitative estimate of drug-likeness (QED) is 0.584. The van der Waals surface area contributed by atoms with Crippen molar-refractivity contribution in [3.05, 3.63) is 23.8 Å². The van der Waals surface area contributed by atoms with Crippen LogP contribution in [0.15, 0.2) is 23.8 Å². The average molecular weight is 161 g/mol. The first-order chi connectivity index (χ1) is 5.74. The van der Waals surface area contributed by atoms with Gasteiger partial charge in [0.15, 0.2) is 0 Å². The van der Waals surface area contributed by atoms with Crippen LogP contribution in [0.3, 0.4) is 0 Å². The summed E-state index contributed by atoms with van der Waals surface area (Å²) in [5, 5.41) is 0. The molecule has 64 valence electrons. The van der Waals surface area contributed by atoms with Gasteiger partial charge in [-0.25, -0.2) is 0 Å². The van der Waals surface area contributed by atoms with Crippen LogP contribution in [0.5, 0.6) is 0 Å². The highest BCUT2D eigenvalue weighted by molar-refractivity contribution is 5.40. The van der Waals surface area contributed by atoms with Crippen molar-refractivity contribution in [3.63, 3.8) is 0 Å². The third-order valence-electron chi connectivity index (χ3n) is 2.08. The zero-order valence-corrected chi connectivity index (χ0v) is 7.67. The minimum atomic E-state index is 0.244. The molecule has 2 atom stereocenters. The smallest absolute Gasteiger partial charge is 0.0202 e. The van der Waals surface area contributed by atoms with Gasteiger partial charge in [0.25, 0.3) is 0 Å². The van der Waals surface area contributed by atoms with E-state index in [9.17, 15) is 0 Å². The summed E-state index contributed by atoms with van der Waals surface area (Å²) in [5.74, 6) is 6.40. The van der Waals surface area contributed by atoms with Gasteiger partial charge < -0.3 is 5.73 Å². The van der Waals surface area contributed by atoms with E-state index in [2.05, 4.69) is 30.1 Å². The molecular formula is C11H15N. The van der Waals surface area contributed by atoms with Crippen LogP contribution in [-0.4, -0.2) is 6.04 Å². The molecule has 1 aliphatic rings. The van der Waals surface area contributed by atoms with E-state index in [1.165, 1.54) is 0 Å². The molecule has 0 saturated heterocycles. The molecule has 0 aliphatic heterocycles. The minimum absolute atomic E-state index is 0.244. The summed E-state index contributed by atoms with van der Waals surface area (Å²) in [6.45, 7) is 3.89. The third kappa shape index (κ3) is 2.25. The van der Waals surface area contributed by atoms with Crippen LogP contribution in [0, 0.1) is 17.8 Å². The predicted octanol–water partition coefficient (Wildman–Crippen LogP) is 1.86. The van der Waals surface area contributed by atoms with Crippen LogP contribution < -0.4 is 5.73 Å². The van der Waals surface area contributed by atoms with Gasteiger partial charge in [0.05, 0.1) is 0 Å². The molecule has 12 heavy (non-hydrogen) atoms. The lowest BCUT2D eigenvalue weighted by molar-refractivity contribution is 0.537. The molecule has 1 rings (SSSR count). The van der Waals surface area contributed by atoms with E-state index in [-0.39, 0.29) is 6.04 Å². The number of allylic oxidation sites excluding steroid dienone is 3. The SMILES string of the molecule is CC#CC1=CCC(C(C)N)C=C1. The second-order valence-corrected chi connectivity index (χ2v) is 3.15. The molecule has 0 saturated carbocycles. The van der Waals surface area contributed by atoms with Gasteiger partial charge in [-0.3, -0.25) is 0 Å². The third-order valence-corrected chi connectivity index (χ3v) is 2.08. The Bertz CT molecular complexity index is 260. The molecule has 0 aromatic carbocycles. The Kier molecular flexibility index (Phi) is 3.13. The van der Waals surface area contributed by atoms with Crippen molar-refractivity contribution >= 4 is 0 Å². The second kappa shape index (κ2) is 4.13. The lowest BCUT2D eigenvalue weighted by Gasteiger charge is -2.17. The Morgan fingerprint density at radius 3 is 2.83 bits per heavy atom. The molecule has 2 N–H and O–H groups in total.